The van der Waals surface area contributed by atoms with Crippen LogP contribution in [0.3, 0.4) is 0 Å². The number of benzene rings is 2. The lowest BCUT2D eigenvalue weighted by atomic mass is 10.1. The van der Waals surface area contributed by atoms with Crippen molar-refractivity contribution in [3.05, 3.63) is 115 Å². The van der Waals surface area contributed by atoms with Crippen LogP contribution in [-0.4, -0.2) is 37.5 Å². The van der Waals surface area contributed by atoms with Crippen molar-refractivity contribution in [1.29, 1.82) is 0 Å². The molecule has 2 heterocycles. The molecule has 0 spiro atoms. The number of carboxylic acid groups (broad SMARTS) is 1. The molecule has 15 heteroatoms. The van der Waals surface area contributed by atoms with Crippen molar-refractivity contribution in [1.82, 2.24) is 25.2 Å². The van der Waals surface area contributed by atoms with Crippen LogP contribution in [0, 0.1) is 5.82 Å². The number of hydrogen-bond donors (Lipinski definition) is 6. The number of nitrogens with one attached hydrogen (secondary N) is 3. The molecular formula is C28H23FN8O6. The van der Waals surface area contributed by atoms with Gasteiger partial charge in [0.25, 0.3) is 22.7 Å². The van der Waals surface area contributed by atoms with Crippen molar-refractivity contribution in [2.75, 3.05) is 16.8 Å². The van der Waals surface area contributed by atoms with E-state index in [-0.39, 0.29) is 65.0 Å². The largest absolute Gasteiger partial charge is 0.478 e. The van der Waals surface area contributed by atoms with E-state index >= 15 is 0 Å². The zero-order chi connectivity index (χ0) is 30.8. The molecule has 0 aliphatic carbocycles. The highest BCUT2D eigenvalue weighted by Crippen LogP contribution is 2.16. The van der Waals surface area contributed by atoms with Crippen molar-refractivity contribution in [2.45, 2.75) is 19.6 Å². The Morgan fingerprint density at radius 2 is 1.53 bits per heavy atom. The number of rotatable bonds is 10. The van der Waals surface area contributed by atoms with E-state index in [9.17, 15) is 28.4 Å². The first-order valence-corrected chi connectivity index (χ1v) is 12.7. The molecule has 43 heavy (non-hydrogen) atoms. The molecule has 0 unspecified atom stereocenters. The number of aromatic nitrogens is 3. The van der Waals surface area contributed by atoms with Crippen molar-refractivity contribution < 1.29 is 23.9 Å². The lowest BCUT2D eigenvalue weighted by Gasteiger charge is -2.12. The summed E-state index contributed by atoms with van der Waals surface area (Å²) in [5, 5.41) is 21.1. The van der Waals surface area contributed by atoms with Gasteiger partial charge >= 0.3 is 5.97 Å². The van der Waals surface area contributed by atoms with E-state index in [0.717, 1.165) is 0 Å². The molecule has 14 nitrogen and oxygen atoms in total. The van der Waals surface area contributed by atoms with Crippen LogP contribution in [0.4, 0.5) is 21.6 Å². The van der Waals surface area contributed by atoms with E-state index in [1.165, 1.54) is 47.0 Å². The normalized spacial score (nSPS) is 11.0. The molecule has 0 aliphatic rings. The fraction of sp³-hybridized carbons (Fsp3) is 0.107. The molecule has 5 aromatic rings. The lowest BCUT2D eigenvalue weighted by Crippen LogP contribution is -2.37. The number of carbonyl (C=O) groups is 3. The van der Waals surface area contributed by atoms with Gasteiger partial charge in [0.1, 0.15) is 34.4 Å². The molecule has 0 aliphatic heterocycles. The molecule has 0 saturated heterocycles. The standard InChI is InChI=1S/C28H23FN8O6/c29-17-6-3-14(7-16(17)12-32-23-22(31)24(38)25(23)39)11-33-26(40)18-8-19(37-21(35-18)9-20(30)36-37)27(41)34-10-13-1-4-15(5-2-13)28(42)43/h1-9,32H,10-12,31H2,(H2,30,36)(H,33,40)(H,34,41)(H,42,43). The Labute approximate surface area is 240 Å². The Balaban J connectivity index is 1.28. The molecule has 2 aromatic heterocycles. The minimum absolute atomic E-state index is 0.0262. The summed E-state index contributed by atoms with van der Waals surface area (Å²) in [6.45, 7) is -0.0842. The van der Waals surface area contributed by atoms with Gasteiger partial charge in [-0.25, -0.2) is 18.7 Å². The highest BCUT2D eigenvalue weighted by atomic mass is 19.1. The van der Waals surface area contributed by atoms with E-state index in [4.69, 9.17) is 16.6 Å². The summed E-state index contributed by atoms with van der Waals surface area (Å²) in [5.74, 6) is -2.80. The Bertz CT molecular complexity index is 1980. The minimum Gasteiger partial charge on any atom is -0.478 e. The van der Waals surface area contributed by atoms with Crippen LogP contribution in [0.15, 0.2) is 64.2 Å². The highest BCUT2D eigenvalue weighted by molar-refractivity contribution is 5.98. The summed E-state index contributed by atoms with van der Waals surface area (Å²) in [4.78, 5) is 64.3. The van der Waals surface area contributed by atoms with Crippen LogP contribution < -0.4 is 38.3 Å². The van der Waals surface area contributed by atoms with E-state index in [1.54, 1.807) is 12.1 Å². The first kappa shape index (κ1) is 28.4. The predicted molar refractivity (Wildman–Crippen MR) is 153 cm³/mol. The number of amides is 2. The van der Waals surface area contributed by atoms with E-state index in [0.29, 0.717) is 11.1 Å². The minimum atomic E-state index is -1.07. The monoisotopic (exact) mass is 586 g/mol. The smallest absolute Gasteiger partial charge is 0.335 e. The fourth-order valence-corrected chi connectivity index (χ4v) is 4.22. The third-order valence-electron chi connectivity index (χ3n) is 6.53. The average molecular weight is 587 g/mol. The van der Waals surface area contributed by atoms with Crippen LogP contribution in [-0.2, 0) is 19.6 Å². The molecule has 0 radical (unpaired) electrons. The van der Waals surface area contributed by atoms with Gasteiger partial charge in [0.15, 0.2) is 5.65 Å². The predicted octanol–water partition coefficient (Wildman–Crippen LogP) is 0.799. The molecule has 0 atom stereocenters. The molecule has 0 saturated carbocycles. The number of nitrogen functional groups attached to an aromatic ring is 2. The van der Waals surface area contributed by atoms with Gasteiger partial charge in [-0.3, -0.25) is 19.2 Å². The van der Waals surface area contributed by atoms with Crippen LogP contribution >= 0.6 is 0 Å². The van der Waals surface area contributed by atoms with Crippen LogP contribution in [0.5, 0.6) is 0 Å². The molecule has 3 aromatic carbocycles. The highest BCUT2D eigenvalue weighted by Gasteiger charge is 2.20. The summed E-state index contributed by atoms with van der Waals surface area (Å²) in [6.07, 6.45) is 0. The van der Waals surface area contributed by atoms with E-state index in [2.05, 4.69) is 26.0 Å². The summed E-state index contributed by atoms with van der Waals surface area (Å²) in [6, 6.07) is 12.7. The molecule has 0 fully saturated rings. The van der Waals surface area contributed by atoms with Gasteiger partial charge in [-0.15, -0.1) is 5.10 Å². The number of hydrogen-bond acceptors (Lipinski definition) is 10. The fourth-order valence-electron chi connectivity index (χ4n) is 4.22. The first-order chi connectivity index (χ1) is 20.5. The van der Waals surface area contributed by atoms with Crippen molar-refractivity contribution in [3.8, 4) is 0 Å². The second kappa shape index (κ2) is 11.4. The van der Waals surface area contributed by atoms with Crippen LogP contribution in [0.25, 0.3) is 5.65 Å². The van der Waals surface area contributed by atoms with Crippen LogP contribution in [0.1, 0.15) is 48.0 Å². The molecule has 0 bridgehead atoms. The zero-order valence-corrected chi connectivity index (χ0v) is 22.2. The number of carbonyl (C=O) groups excluding carboxylic acids is 2. The van der Waals surface area contributed by atoms with Gasteiger partial charge in [-0.05, 0) is 35.4 Å². The number of carboxylic acids is 1. The maximum atomic E-state index is 14.4. The SMILES string of the molecule is Nc1cc2nc(C(=O)NCc3ccc(F)c(CNc4c(N)c(=O)c4=O)c3)cc(C(=O)NCc3ccc(C(=O)O)cc3)n2n1. The summed E-state index contributed by atoms with van der Waals surface area (Å²) >= 11 is 0. The Morgan fingerprint density at radius 3 is 2.23 bits per heavy atom. The average Bonchev–Trinajstić information content (AvgIpc) is 3.39. The topological polar surface area (TPSA) is 224 Å². The number of nitrogens with two attached hydrogens (primary N) is 2. The summed E-state index contributed by atoms with van der Waals surface area (Å²) in [7, 11) is 0. The Hall–Kier alpha value is -6.12. The Morgan fingerprint density at radius 1 is 0.860 bits per heavy atom. The number of fused-ring (bicyclic) bond motifs is 1. The maximum absolute atomic E-state index is 14.4. The van der Waals surface area contributed by atoms with Gasteiger partial charge < -0.3 is 32.5 Å². The lowest BCUT2D eigenvalue weighted by molar-refractivity contribution is 0.0696. The Kier molecular flexibility index (Phi) is 7.53. The third-order valence-corrected chi connectivity index (χ3v) is 6.53. The number of anilines is 3. The third kappa shape index (κ3) is 5.85. The van der Waals surface area contributed by atoms with Gasteiger partial charge in [0.2, 0.25) is 0 Å². The zero-order valence-electron chi connectivity index (χ0n) is 22.2. The van der Waals surface area contributed by atoms with Gasteiger partial charge in [0.05, 0.1) is 5.56 Å². The number of halogens is 1. The molecule has 8 N–H and O–H groups in total. The number of aromatic carboxylic acids is 1. The van der Waals surface area contributed by atoms with Crippen molar-refractivity contribution >= 4 is 40.6 Å². The summed E-state index contributed by atoms with van der Waals surface area (Å²) in [5.41, 5.74) is 10.9. The molecule has 5 rings (SSSR count). The second-order valence-electron chi connectivity index (χ2n) is 9.46. The number of nitrogens with zero attached hydrogens (tertiary/aromatic N) is 3. The van der Waals surface area contributed by atoms with Crippen molar-refractivity contribution in [2.24, 2.45) is 0 Å². The van der Waals surface area contributed by atoms with Gasteiger partial charge in [-0.2, -0.15) is 0 Å². The summed E-state index contributed by atoms with van der Waals surface area (Å²) < 4.78 is 15.5. The molecular weight excluding hydrogens is 563 g/mol. The van der Waals surface area contributed by atoms with E-state index in [1.807, 2.05) is 0 Å². The van der Waals surface area contributed by atoms with Gasteiger partial charge in [0, 0.05) is 37.3 Å². The van der Waals surface area contributed by atoms with Crippen LogP contribution in [0.2, 0.25) is 0 Å². The molecule has 218 valence electrons. The quantitative estimate of drug-likeness (QED) is 0.126. The van der Waals surface area contributed by atoms with Crippen molar-refractivity contribution in [3.63, 3.8) is 0 Å². The van der Waals surface area contributed by atoms with E-state index < -0.39 is 34.5 Å². The molecule has 2 amide bonds. The maximum Gasteiger partial charge on any atom is 0.335 e. The first-order valence-electron chi connectivity index (χ1n) is 12.7. The second-order valence-corrected chi connectivity index (χ2v) is 9.46. The van der Waals surface area contributed by atoms with Gasteiger partial charge in [-0.1, -0.05) is 18.2 Å².